The van der Waals surface area contributed by atoms with E-state index in [0.29, 0.717) is 21.2 Å². The van der Waals surface area contributed by atoms with Crippen molar-refractivity contribution in [3.8, 4) is 0 Å². The summed E-state index contributed by atoms with van der Waals surface area (Å²) in [5, 5.41) is 14.7. The zero-order chi connectivity index (χ0) is 21.0. The molecule has 0 bridgehead atoms. The molecule has 0 heterocycles. The second-order valence-corrected chi connectivity index (χ2v) is 7.44. The molecule has 9 heteroatoms. The molecule has 0 radical (unpaired) electrons. The number of halogens is 1. The molecule has 3 aromatic rings. The molecule has 146 valence electrons. The Morgan fingerprint density at radius 3 is 2.17 bits per heavy atom. The maximum absolute atomic E-state index is 12.5. The molecule has 29 heavy (non-hydrogen) atoms. The van der Waals surface area contributed by atoms with E-state index in [-0.39, 0.29) is 11.3 Å². The molecular formula is C20H14ClN3O4S. The van der Waals surface area contributed by atoms with Crippen LogP contribution in [0, 0.1) is 10.1 Å². The number of nitro benzene ring substituents is 1. The van der Waals surface area contributed by atoms with Crippen LogP contribution in [0.4, 0.5) is 11.4 Å². The zero-order valence-corrected chi connectivity index (χ0v) is 16.4. The Bertz CT molecular complexity index is 1090. The van der Waals surface area contributed by atoms with Gasteiger partial charge < -0.3 is 11.1 Å². The van der Waals surface area contributed by atoms with E-state index < -0.39 is 16.7 Å². The molecule has 0 unspecified atom stereocenters. The normalized spacial score (nSPS) is 10.4. The second kappa shape index (κ2) is 8.76. The number of anilines is 1. The summed E-state index contributed by atoms with van der Waals surface area (Å²) in [5.41, 5.74) is 5.88. The van der Waals surface area contributed by atoms with Crippen molar-refractivity contribution in [3.63, 3.8) is 0 Å². The third-order valence-corrected chi connectivity index (χ3v) is 5.21. The first-order valence-electron chi connectivity index (χ1n) is 8.26. The van der Waals surface area contributed by atoms with Gasteiger partial charge in [0.05, 0.1) is 9.82 Å². The third-order valence-electron chi connectivity index (χ3n) is 3.89. The molecule has 0 spiro atoms. The highest BCUT2D eigenvalue weighted by Crippen LogP contribution is 2.35. The summed E-state index contributed by atoms with van der Waals surface area (Å²) in [6.07, 6.45) is 0. The predicted octanol–water partition coefficient (Wildman–Crippen LogP) is 4.75. The highest BCUT2D eigenvalue weighted by molar-refractivity contribution is 7.99. The smallest absolute Gasteiger partial charge is 0.284 e. The molecule has 0 saturated carbocycles. The number of hydrogen-bond donors (Lipinski definition) is 2. The lowest BCUT2D eigenvalue weighted by Crippen LogP contribution is -2.13. The number of rotatable bonds is 6. The third kappa shape index (κ3) is 5.13. The van der Waals surface area contributed by atoms with E-state index in [9.17, 15) is 19.7 Å². The Balaban J connectivity index is 1.81. The van der Waals surface area contributed by atoms with Gasteiger partial charge in [0.1, 0.15) is 0 Å². The Labute approximate surface area is 175 Å². The number of primary amides is 1. The first kappa shape index (κ1) is 20.4. The molecule has 0 aliphatic rings. The van der Waals surface area contributed by atoms with Crippen LogP contribution in [-0.2, 0) is 0 Å². The standard InChI is InChI=1S/C20H14ClN3O4S/c21-14-4-8-16(9-5-14)29-18-10-3-13(11-17(18)24(27)28)20(26)23-15-6-1-12(2-7-15)19(22)25/h1-11H,(H2,22,25)(H,23,26). The van der Waals surface area contributed by atoms with E-state index in [1.54, 1.807) is 24.3 Å². The van der Waals surface area contributed by atoms with E-state index in [2.05, 4.69) is 5.32 Å². The molecule has 0 fully saturated rings. The SMILES string of the molecule is NC(=O)c1ccc(NC(=O)c2ccc(Sc3ccc(Cl)cc3)c([N+](=O)[O-])c2)cc1. The first-order chi connectivity index (χ1) is 13.8. The van der Waals surface area contributed by atoms with Gasteiger partial charge >= 0.3 is 0 Å². The predicted molar refractivity (Wildman–Crippen MR) is 112 cm³/mol. The lowest BCUT2D eigenvalue weighted by atomic mass is 10.1. The Kier molecular flexibility index (Phi) is 6.16. The van der Waals surface area contributed by atoms with Gasteiger partial charge in [-0.05, 0) is 60.7 Å². The maximum atomic E-state index is 12.5. The molecule has 0 saturated heterocycles. The zero-order valence-electron chi connectivity index (χ0n) is 14.8. The quantitative estimate of drug-likeness (QED) is 0.435. The van der Waals surface area contributed by atoms with Gasteiger partial charge in [0.25, 0.3) is 11.6 Å². The molecule has 0 atom stereocenters. The molecule has 0 aliphatic carbocycles. The summed E-state index contributed by atoms with van der Waals surface area (Å²) >= 11 is 7.06. The Morgan fingerprint density at radius 1 is 0.966 bits per heavy atom. The van der Waals surface area contributed by atoms with E-state index in [1.165, 1.54) is 54.2 Å². The Morgan fingerprint density at radius 2 is 1.59 bits per heavy atom. The number of hydrogen-bond acceptors (Lipinski definition) is 5. The first-order valence-corrected chi connectivity index (χ1v) is 9.46. The van der Waals surface area contributed by atoms with Crippen molar-refractivity contribution in [1.82, 2.24) is 0 Å². The van der Waals surface area contributed by atoms with Gasteiger partial charge in [-0.3, -0.25) is 19.7 Å². The summed E-state index contributed by atoms with van der Waals surface area (Å²) in [6, 6.07) is 17.2. The second-order valence-electron chi connectivity index (χ2n) is 5.89. The monoisotopic (exact) mass is 427 g/mol. The van der Waals surface area contributed by atoms with Crippen molar-refractivity contribution >= 4 is 46.6 Å². The molecule has 7 nitrogen and oxygen atoms in total. The van der Waals surface area contributed by atoms with Gasteiger partial charge in [0, 0.05) is 32.8 Å². The van der Waals surface area contributed by atoms with Crippen LogP contribution in [-0.4, -0.2) is 16.7 Å². The van der Waals surface area contributed by atoms with Gasteiger partial charge in [-0.2, -0.15) is 0 Å². The van der Waals surface area contributed by atoms with Crippen molar-refractivity contribution in [2.24, 2.45) is 5.73 Å². The van der Waals surface area contributed by atoms with Crippen LogP contribution in [0.3, 0.4) is 0 Å². The van der Waals surface area contributed by atoms with Gasteiger partial charge in [-0.1, -0.05) is 23.4 Å². The van der Waals surface area contributed by atoms with Gasteiger partial charge in [-0.15, -0.1) is 0 Å². The Hall–Kier alpha value is -3.36. The summed E-state index contributed by atoms with van der Waals surface area (Å²) in [4.78, 5) is 35.7. The van der Waals surface area contributed by atoms with E-state index >= 15 is 0 Å². The molecule has 3 rings (SSSR count). The number of nitrogens with zero attached hydrogens (tertiary/aromatic N) is 1. The fraction of sp³-hybridized carbons (Fsp3) is 0. The van der Waals surface area contributed by atoms with Crippen LogP contribution >= 0.6 is 23.4 Å². The average Bonchev–Trinajstić information content (AvgIpc) is 2.70. The number of carbonyl (C=O) groups excluding carboxylic acids is 2. The van der Waals surface area contributed by atoms with Gasteiger partial charge in [0.2, 0.25) is 5.91 Å². The highest BCUT2D eigenvalue weighted by Gasteiger charge is 2.19. The number of carbonyl (C=O) groups is 2. The number of nitro groups is 1. The average molecular weight is 428 g/mol. The van der Waals surface area contributed by atoms with Crippen molar-refractivity contribution in [3.05, 3.63) is 93.0 Å². The fourth-order valence-corrected chi connectivity index (χ4v) is 3.46. The van der Waals surface area contributed by atoms with Crippen molar-refractivity contribution in [2.75, 3.05) is 5.32 Å². The minimum atomic E-state index is -0.577. The van der Waals surface area contributed by atoms with Crippen LogP contribution in [0.5, 0.6) is 0 Å². The van der Waals surface area contributed by atoms with Crippen LogP contribution in [0.25, 0.3) is 0 Å². The number of amides is 2. The van der Waals surface area contributed by atoms with Crippen LogP contribution in [0.2, 0.25) is 5.02 Å². The summed E-state index contributed by atoms with van der Waals surface area (Å²) in [5.74, 6) is -1.09. The van der Waals surface area contributed by atoms with Crippen LogP contribution in [0.15, 0.2) is 76.5 Å². The molecule has 3 aromatic carbocycles. The summed E-state index contributed by atoms with van der Waals surface area (Å²) < 4.78 is 0. The summed E-state index contributed by atoms with van der Waals surface area (Å²) in [7, 11) is 0. The van der Waals surface area contributed by atoms with Crippen molar-refractivity contribution < 1.29 is 14.5 Å². The number of nitrogens with one attached hydrogen (secondary N) is 1. The van der Waals surface area contributed by atoms with Crippen molar-refractivity contribution in [2.45, 2.75) is 9.79 Å². The van der Waals surface area contributed by atoms with Crippen molar-refractivity contribution in [1.29, 1.82) is 0 Å². The van der Waals surface area contributed by atoms with E-state index in [0.717, 1.165) is 4.90 Å². The van der Waals surface area contributed by atoms with Crippen LogP contribution < -0.4 is 11.1 Å². The molecule has 3 N–H and O–H groups in total. The summed E-state index contributed by atoms with van der Waals surface area (Å²) in [6.45, 7) is 0. The van der Waals surface area contributed by atoms with Gasteiger partial charge in [-0.25, -0.2) is 0 Å². The maximum Gasteiger partial charge on any atom is 0.284 e. The molecule has 0 aromatic heterocycles. The minimum Gasteiger partial charge on any atom is -0.366 e. The largest absolute Gasteiger partial charge is 0.366 e. The molecular weight excluding hydrogens is 414 g/mol. The molecule has 0 aliphatic heterocycles. The highest BCUT2D eigenvalue weighted by atomic mass is 35.5. The lowest BCUT2D eigenvalue weighted by molar-refractivity contribution is -0.387. The lowest BCUT2D eigenvalue weighted by Gasteiger charge is -2.08. The van der Waals surface area contributed by atoms with E-state index in [1.807, 2.05) is 0 Å². The number of nitrogens with two attached hydrogens (primary N) is 1. The minimum absolute atomic E-state index is 0.135. The van der Waals surface area contributed by atoms with Gasteiger partial charge in [0.15, 0.2) is 0 Å². The fourth-order valence-electron chi connectivity index (χ4n) is 2.44. The van der Waals surface area contributed by atoms with Crippen LogP contribution in [0.1, 0.15) is 20.7 Å². The van der Waals surface area contributed by atoms with E-state index in [4.69, 9.17) is 17.3 Å². The number of benzene rings is 3. The topological polar surface area (TPSA) is 115 Å². The molecule has 2 amide bonds.